The van der Waals surface area contributed by atoms with Crippen LogP contribution in [0.3, 0.4) is 0 Å². The van der Waals surface area contributed by atoms with Gasteiger partial charge in [0.25, 0.3) is 0 Å². The molecule has 20 heavy (non-hydrogen) atoms. The molecule has 1 heterocycles. The second-order valence-corrected chi connectivity index (χ2v) is 4.66. The molecule has 0 saturated heterocycles. The van der Waals surface area contributed by atoms with Crippen LogP contribution in [0.4, 0.5) is 5.82 Å². The fourth-order valence-corrected chi connectivity index (χ4v) is 2.21. The van der Waals surface area contributed by atoms with E-state index < -0.39 is 0 Å². The van der Waals surface area contributed by atoms with Crippen LogP contribution in [0.1, 0.15) is 11.3 Å². The van der Waals surface area contributed by atoms with Crippen molar-refractivity contribution in [2.75, 3.05) is 5.32 Å². The Morgan fingerprint density at radius 2 is 1.65 bits per heavy atom. The number of fused-ring (bicyclic) bond motifs is 1. The molecule has 0 atom stereocenters. The van der Waals surface area contributed by atoms with Gasteiger partial charge in [-0.3, -0.25) is 0 Å². The van der Waals surface area contributed by atoms with E-state index in [1.54, 1.807) is 12.1 Å². The molecule has 1 aromatic heterocycles. The number of anilines is 1. The van der Waals surface area contributed by atoms with E-state index in [0.29, 0.717) is 6.54 Å². The number of para-hydroxylation sites is 1. The van der Waals surface area contributed by atoms with Crippen LogP contribution in [-0.2, 0) is 6.54 Å². The molecule has 2 aromatic carbocycles. The van der Waals surface area contributed by atoms with Crippen molar-refractivity contribution in [1.29, 1.82) is 0 Å². The molecule has 0 aliphatic heterocycles. The first-order chi connectivity index (χ1) is 9.75. The van der Waals surface area contributed by atoms with Gasteiger partial charge in [0, 0.05) is 22.9 Å². The van der Waals surface area contributed by atoms with E-state index in [0.717, 1.165) is 27.8 Å². The zero-order valence-electron chi connectivity index (χ0n) is 11.2. The highest BCUT2D eigenvalue weighted by molar-refractivity contribution is 5.92. The SMILES string of the molecule is Cc1nnc(NCc2ccccc2O)c2ccccc12. The first-order valence-corrected chi connectivity index (χ1v) is 6.48. The summed E-state index contributed by atoms with van der Waals surface area (Å²) >= 11 is 0. The van der Waals surface area contributed by atoms with Crippen LogP contribution < -0.4 is 5.32 Å². The van der Waals surface area contributed by atoms with Crippen molar-refractivity contribution in [2.45, 2.75) is 13.5 Å². The smallest absolute Gasteiger partial charge is 0.156 e. The van der Waals surface area contributed by atoms with Crippen molar-refractivity contribution < 1.29 is 5.11 Å². The van der Waals surface area contributed by atoms with Gasteiger partial charge in [-0.15, -0.1) is 5.10 Å². The molecule has 0 unspecified atom stereocenters. The standard InChI is InChI=1S/C16H15N3O/c1-11-13-7-3-4-8-14(13)16(19-18-11)17-10-12-6-2-5-9-15(12)20/h2-9,20H,10H2,1H3,(H,17,19). The molecule has 4 heteroatoms. The third-order valence-electron chi connectivity index (χ3n) is 3.31. The molecule has 0 aliphatic rings. The zero-order valence-corrected chi connectivity index (χ0v) is 11.2. The number of nitrogens with zero attached hydrogens (tertiary/aromatic N) is 2. The largest absolute Gasteiger partial charge is 0.508 e. The van der Waals surface area contributed by atoms with Gasteiger partial charge in [-0.2, -0.15) is 5.10 Å². The van der Waals surface area contributed by atoms with Gasteiger partial charge in [-0.25, -0.2) is 0 Å². The fourth-order valence-electron chi connectivity index (χ4n) is 2.21. The number of hydrogen-bond donors (Lipinski definition) is 2. The Morgan fingerprint density at radius 1 is 0.950 bits per heavy atom. The van der Waals surface area contributed by atoms with Crippen molar-refractivity contribution >= 4 is 16.6 Å². The van der Waals surface area contributed by atoms with Crippen LogP contribution in [-0.4, -0.2) is 15.3 Å². The summed E-state index contributed by atoms with van der Waals surface area (Å²) < 4.78 is 0. The van der Waals surface area contributed by atoms with E-state index >= 15 is 0 Å². The number of aromatic nitrogens is 2. The van der Waals surface area contributed by atoms with Gasteiger partial charge < -0.3 is 10.4 Å². The van der Waals surface area contributed by atoms with Crippen molar-refractivity contribution in [1.82, 2.24) is 10.2 Å². The summed E-state index contributed by atoms with van der Waals surface area (Å²) in [6, 6.07) is 15.3. The van der Waals surface area contributed by atoms with Crippen LogP contribution in [0.15, 0.2) is 48.5 Å². The fraction of sp³-hybridized carbons (Fsp3) is 0.125. The molecule has 0 spiro atoms. The van der Waals surface area contributed by atoms with Crippen LogP contribution in [0.5, 0.6) is 5.75 Å². The number of aromatic hydroxyl groups is 1. The lowest BCUT2D eigenvalue weighted by atomic mass is 10.1. The lowest BCUT2D eigenvalue weighted by Crippen LogP contribution is -2.04. The number of rotatable bonds is 3. The number of aryl methyl sites for hydroxylation is 1. The third-order valence-corrected chi connectivity index (χ3v) is 3.31. The summed E-state index contributed by atoms with van der Waals surface area (Å²) in [5.41, 5.74) is 1.74. The number of hydrogen-bond acceptors (Lipinski definition) is 4. The Kier molecular flexibility index (Phi) is 3.21. The molecule has 0 aliphatic carbocycles. The molecule has 0 fully saturated rings. The molecule has 100 valence electrons. The highest BCUT2D eigenvalue weighted by Crippen LogP contribution is 2.23. The summed E-state index contributed by atoms with van der Waals surface area (Å²) in [6.45, 7) is 2.45. The molecule has 3 rings (SSSR count). The quantitative estimate of drug-likeness (QED) is 0.763. The molecule has 0 saturated carbocycles. The van der Waals surface area contributed by atoms with E-state index in [2.05, 4.69) is 15.5 Å². The summed E-state index contributed by atoms with van der Waals surface area (Å²) in [6.07, 6.45) is 0. The van der Waals surface area contributed by atoms with Gasteiger partial charge in [-0.05, 0) is 13.0 Å². The van der Waals surface area contributed by atoms with Crippen molar-refractivity contribution in [3.63, 3.8) is 0 Å². The van der Waals surface area contributed by atoms with E-state index in [4.69, 9.17) is 0 Å². The van der Waals surface area contributed by atoms with Gasteiger partial charge in [0.05, 0.1) is 5.69 Å². The molecule has 2 N–H and O–H groups in total. The van der Waals surface area contributed by atoms with Crippen LogP contribution in [0.2, 0.25) is 0 Å². The predicted molar refractivity (Wildman–Crippen MR) is 79.7 cm³/mol. The average molecular weight is 265 g/mol. The van der Waals surface area contributed by atoms with E-state index in [1.165, 1.54) is 0 Å². The number of phenols is 1. The van der Waals surface area contributed by atoms with Crippen LogP contribution >= 0.6 is 0 Å². The molecular weight excluding hydrogens is 250 g/mol. The Balaban J connectivity index is 1.92. The summed E-state index contributed by atoms with van der Waals surface area (Å²) in [4.78, 5) is 0. The van der Waals surface area contributed by atoms with E-state index in [9.17, 15) is 5.11 Å². The Bertz CT molecular complexity index is 756. The van der Waals surface area contributed by atoms with Crippen molar-refractivity contribution in [2.24, 2.45) is 0 Å². The molecule has 0 bridgehead atoms. The normalized spacial score (nSPS) is 10.7. The first-order valence-electron chi connectivity index (χ1n) is 6.48. The van der Waals surface area contributed by atoms with Crippen LogP contribution in [0.25, 0.3) is 10.8 Å². The van der Waals surface area contributed by atoms with Crippen molar-refractivity contribution in [3.8, 4) is 5.75 Å². The van der Waals surface area contributed by atoms with E-state index in [1.807, 2.05) is 43.3 Å². The van der Waals surface area contributed by atoms with Crippen molar-refractivity contribution in [3.05, 3.63) is 59.8 Å². The summed E-state index contributed by atoms with van der Waals surface area (Å²) in [7, 11) is 0. The van der Waals surface area contributed by atoms with Gasteiger partial charge in [-0.1, -0.05) is 42.5 Å². The summed E-state index contributed by atoms with van der Waals surface area (Å²) in [5, 5.41) is 23.5. The molecule has 0 amide bonds. The monoisotopic (exact) mass is 265 g/mol. The Morgan fingerprint density at radius 3 is 2.45 bits per heavy atom. The van der Waals surface area contributed by atoms with Gasteiger partial charge >= 0.3 is 0 Å². The number of phenolic OH excluding ortho intramolecular Hbond substituents is 1. The van der Waals surface area contributed by atoms with Gasteiger partial charge in [0.1, 0.15) is 5.75 Å². The zero-order chi connectivity index (χ0) is 13.9. The lowest BCUT2D eigenvalue weighted by Gasteiger charge is -2.10. The highest BCUT2D eigenvalue weighted by Gasteiger charge is 2.06. The minimum absolute atomic E-state index is 0.282. The minimum Gasteiger partial charge on any atom is -0.508 e. The molecular formula is C16H15N3O. The number of benzene rings is 2. The molecule has 3 aromatic rings. The minimum atomic E-state index is 0.282. The van der Waals surface area contributed by atoms with Gasteiger partial charge in [0.2, 0.25) is 0 Å². The van der Waals surface area contributed by atoms with Gasteiger partial charge in [0.15, 0.2) is 5.82 Å². The Labute approximate surface area is 117 Å². The second-order valence-electron chi connectivity index (χ2n) is 4.66. The second kappa shape index (κ2) is 5.17. The molecule has 0 radical (unpaired) electrons. The van der Waals surface area contributed by atoms with Crippen LogP contribution in [0, 0.1) is 6.92 Å². The highest BCUT2D eigenvalue weighted by atomic mass is 16.3. The lowest BCUT2D eigenvalue weighted by molar-refractivity contribution is 0.469. The average Bonchev–Trinajstić information content (AvgIpc) is 2.48. The maximum absolute atomic E-state index is 9.77. The van der Waals surface area contributed by atoms with E-state index in [-0.39, 0.29) is 5.75 Å². The maximum Gasteiger partial charge on any atom is 0.156 e. The first kappa shape index (κ1) is 12.4. The maximum atomic E-state index is 9.77. The summed E-state index contributed by atoms with van der Waals surface area (Å²) in [5.74, 6) is 1.01. The predicted octanol–water partition coefficient (Wildman–Crippen LogP) is 3.26. The Hall–Kier alpha value is -2.62. The molecule has 4 nitrogen and oxygen atoms in total. The number of nitrogens with one attached hydrogen (secondary N) is 1. The third kappa shape index (κ3) is 2.28. The topological polar surface area (TPSA) is 58.0 Å².